The highest BCUT2D eigenvalue weighted by Crippen LogP contribution is 2.67. The summed E-state index contributed by atoms with van der Waals surface area (Å²) in [5.41, 5.74) is 1.50. The maximum atomic E-state index is 12.1. The van der Waals surface area contributed by atoms with E-state index in [1.165, 1.54) is 32.1 Å². The number of hydrogen-bond acceptors (Lipinski definition) is 2. The lowest BCUT2D eigenvalue weighted by molar-refractivity contribution is -0.119. The molecule has 9 atom stereocenters. The third kappa shape index (κ3) is 3.79. The molecule has 2 nitrogen and oxygen atoms in total. The van der Waals surface area contributed by atoms with Gasteiger partial charge in [0.15, 0.2) is 5.78 Å². The first-order valence-electron chi connectivity index (χ1n) is 13.2. The minimum Gasteiger partial charge on any atom is -0.389 e. The SMILES string of the molecule is CC[C@@H](/C=C/[C@H](C)[C@@H]1CC[C@@H]2[C@H]3CC(O)C4=CC(=O)CC[C@@]4(C)[C@@H]3CC[C@]21C)C(C)C. The summed E-state index contributed by atoms with van der Waals surface area (Å²) in [5.74, 6) is 5.00. The van der Waals surface area contributed by atoms with Crippen LogP contribution in [0, 0.1) is 52.3 Å². The van der Waals surface area contributed by atoms with Crippen LogP contribution in [0.25, 0.3) is 0 Å². The van der Waals surface area contributed by atoms with Gasteiger partial charge in [-0.15, -0.1) is 0 Å². The van der Waals surface area contributed by atoms with Crippen LogP contribution in [0.5, 0.6) is 0 Å². The van der Waals surface area contributed by atoms with Gasteiger partial charge in [0, 0.05) is 6.42 Å². The minimum atomic E-state index is -0.412. The molecular weight excluding hydrogens is 380 g/mol. The smallest absolute Gasteiger partial charge is 0.155 e. The van der Waals surface area contributed by atoms with Gasteiger partial charge >= 0.3 is 0 Å². The Hall–Kier alpha value is -0.890. The van der Waals surface area contributed by atoms with E-state index >= 15 is 0 Å². The van der Waals surface area contributed by atoms with E-state index in [1.807, 2.05) is 6.08 Å². The molecule has 0 aromatic carbocycles. The van der Waals surface area contributed by atoms with E-state index in [4.69, 9.17) is 0 Å². The second-order valence-electron chi connectivity index (χ2n) is 12.4. The molecule has 174 valence electrons. The van der Waals surface area contributed by atoms with Crippen LogP contribution in [-0.2, 0) is 4.79 Å². The summed E-state index contributed by atoms with van der Waals surface area (Å²) in [4.78, 5) is 12.1. The Labute approximate surface area is 191 Å². The second-order valence-corrected chi connectivity index (χ2v) is 12.4. The third-order valence-electron chi connectivity index (χ3n) is 10.7. The topological polar surface area (TPSA) is 37.3 Å². The molecule has 0 bridgehead atoms. The summed E-state index contributed by atoms with van der Waals surface area (Å²) in [6, 6.07) is 0. The van der Waals surface area contributed by atoms with Crippen molar-refractivity contribution in [2.24, 2.45) is 52.3 Å². The van der Waals surface area contributed by atoms with Gasteiger partial charge < -0.3 is 5.11 Å². The zero-order valence-electron chi connectivity index (χ0n) is 20.9. The molecule has 2 heteroatoms. The number of hydrogen-bond donors (Lipinski definition) is 1. The van der Waals surface area contributed by atoms with Gasteiger partial charge in [0.05, 0.1) is 6.10 Å². The van der Waals surface area contributed by atoms with Crippen molar-refractivity contribution in [1.82, 2.24) is 0 Å². The van der Waals surface area contributed by atoms with Crippen LogP contribution in [-0.4, -0.2) is 17.0 Å². The van der Waals surface area contributed by atoms with Gasteiger partial charge in [-0.1, -0.05) is 53.7 Å². The predicted octanol–water partition coefficient (Wildman–Crippen LogP) is 6.98. The summed E-state index contributed by atoms with van der Waals surface area (Å²) in [5, 5.41) is 11.1. The standard InChI is InChI=1S/C29H46O2/c1-7-20(18(2)3)9-8-19(4)23-10-11-24-22-17-27(31)26-16-21(30)12-14-29(26,6)25(22)13-15-28(23,24)5/h8-9,16,18-20,22-25,27,31H,7,10-15,17H2,1-6H3/b9-8+/t19-,20-,22+,23-,24+,25+,27?,28-,29-/m0/s1. The molecule has 0 saturated heterocycles. The molecule has 31 heavy (non-hydrogen) atoms. The Morgan fingerprint density at radius 1 is 1.10 bits per heavy atom. The summed E-state index contributed by atoms with van der Waals surface area (Å²) in [7, 11) is 0. The molecule has 0 radical (unpaired) electrons. The van der Waals surface area contributed by atoms with Crippen molar-refractivity contribution in [1.29, 1.82) is 0 Å². The zero-order chi connectivity index (χ0) is 22.6. The van der Waals surface area contributed by atoms with Crippen LogP contribution in [0.3, 0.4) is 0 Å². The first-order valence-corrected chi connectivity index (χ1v) is 13.2. The van der Waals surface area contributed by atoms with Gasteiger partial charge in [-0.2, -0.15) is 0 Å². The van der Waals surface area contributed by atoms with Crippen molar-refractivity contribution in [3.05, 3.63) is 23.8 Å². The number of aliphatic hydroxyl groups is 1. The first-order chi connectivity index (χ1) is 14.6. The van der Waals surface area contributed by atoms with Gasteiger partial charge in [0.25, 0.3) is 0 Å². The van der Waals surface area contributed by atoms with Gasteiger partial charge in [-0.25, -0.2) is 0 Å². The molecule has 1 N–H and O–H groups in total. The van der Waals surface area contributed by atoms with E-state index in [0.29, 0.717) is 41.4 Å². The predicted molar refractivity (Wildman–Crippen MR) is 129 cm³/mol. The summed E-state index contributed by atoms with van der Waals surface area (Å²) < 4.78 is 0. The molecule has 0 spiro atoms. The number of fused-ring (bicyclic) bond motifs is 5. The summed E-state index contributed by atoms with van der Waals surface area (Å²) in [6.45, 7) is 14.4. The van der Waals surface area contributed by atoms with Crippen molar-refractivity contribution in [2.45, 2.75) is 99.0 Å². The monoisotopic (exact) mass is 426 g/mol. The zero-order valence-corrected chi connectivity index (χ0v) is 20.9. The Kier molecular flexibility index (Phi) is 6.36. The molecule has 0 heterocycles. The average Bonchev–Trinajstić information content (AvgIpc) is 3.07. The quantitative estimate of drug-likeness (QED) is 0.481. The maximum absolute atomic E-state index is 12.1. The normalized spacial score (nSPS) is 44.6. The van der Waals surface area contributed by atoms with Crippen LogP contribution in [0.1, 0.15) is 92.9 Å². The molecule has 4 rings (SSSR count). The highest BCUT2D eigenvalue weighted by atomic mass is 16.3. The van der Waals surface area contributed by atoms with Gasteiger partial charge in [-0.3, -0.25) is 4.79 Å². The minimum absolute atomic E-state index is 0.0345. The summed E-state index contributed by atoms with van der Waals surface area (Å²) >= 11 is 0. The van der Waals surface area contributed by atoms with Crippen molar-refractivity contribution in [2.75, 3.05) is 0 Å². The van der Waals surface area contributed by atoms with E-state index in [1.54, 1.807) is 0 Å². The van der Waals surface area contributed by atoms with E-state index in [-0.39, 0.29) is 11.2 Å². The number of carbonyl (C=O) groups excluding carboxylic acids is 1. The van der Waals surface area contributed by atoms with Crippen LogP contribution in [0.15, 0.2) is 23.8 Å². The van der Waals surface area contributed by atoms with E-state index < -0.39 is 6.10 Å². The van der Waals surface area contributed by atoms with Gasteiger partial charge in [0.2, 0.25) is 0 Å². The Morgan fingerprint density at radius 2 is 1.84 bits per heavy atom. The molecule has 0 aliphatic heterocycles. The summed E-state index contributed by atoms with van der Waals surface area (Å²) in [6.07, 6.45) is 15.4. The second kappa shape index (κ2) is 8.47. The number of ketones is 1. The van der Waals surface area contributed by atoms with E-state index in [9.17, 15) is 9.90 Å². The average molecular weight is 427 g/mol. The van der Waals surface area contributed by atoms with Gasteiger partial charge in [-0.05, 0) is 109 Å². The Balaban J connectivity index is 1.55. The molecule has 3 fully saturated rings. The Morgan fingerprint density at radius 3 is 2.52 bits per heavy atom. The van der Waals surface area contributed by atoms with Gasteiger partial charge in [0.1, 0.15) is 0 Å². The fraction of sp³-hybridized carbons (Fsp3) is 0.828. The molecule has 4 aliphatic carbocycles. The largest absolute Gasteiger partial charge is 0.389 e. The number of carbonyl (C=O) groups is 1. The van der Waals surface area contributed by atoms with E-state index in [2.05, 4.69) is 53.7 Å². The van der Waals surface area contributed by atoms with Crippen LogP contribution in [0.4, 0.5) is 0 Å². The van der Waals surface area contributed by atoms with Crippen molar-refractivity contribution in [3.63, 3.8) is 0 Å². The molecule has 4 aliphatic rings. The fourth-order valence-electron chi connectivity index (χ4n) is 8.79. The molecule has 0 aromatic rings. The van der Waals surface area contributed by atoms with Crippen LogP contribution >= 0.6 is 0 Å². The molecular formula is C29H46O2. The Bertz CT molecular complexity index is 748. The lowest BCUT2D eigenvalue weighted by atomic mass is 9.46. The lowest BCUT2D eigenvalue weighted by Crippen LogP contribution is -2.54. The first kappa shape index (κ1) is 23.3. The maximum Gasteiger partial charge on any atom is 0.155 e. The van der Waals surface area contributed by atoms with Crippen LogP contribution < -0.4 is 0 Å². The van der Waals surface area contributed by atoms with Crippen molar-refractivity contribution >= 4 is 5.78 Å². The lowest BCUT2D eigenvalue weighted by Gasteiger charge is -2.59. The molecule has 0 amide bonds. The number of rotatable bonds is 5. The number of allylic oxidation sites excluding steroid dienone is 2. The molecule has 3 saturated carbocycles. The highest BCUT2D eigenvalue weighted by molar-refractivity contribution is 5.91. The number of aliphatic hydroxyl groups excluding tert-OH is 1. The van der Waals surface area contributed by atoms with Crippen molar-refractivity contribution in [3.8, 4) is 0 Å². The van der Waals surface area contributed by atoms with Crippen molar-refractivity contribution < 1.29 is 9.90 Å². The van der Waals surface area contributed by atoms with E-state index in [0.717, 1.165) is 30.3 Å². The molecule has 1 unspecified atom stereocenters. The van der Waals surface area contributed by atoms with Crippen LogP contribution in [0.2, 0.25) is 0 Å². The third-order valence-corrected chi connectivity index (χ3v) is 10.7. The fourth-order valence-corrected chi connectivity index (χ4v) is 8.79. The molecule has 0 aromatic heterocycles. The highest BCUT2D eigenvalue weighted by Gasteiger charge is 2.60.